The Labute approximate surface area is 192 Å². The van der Waals surface area contributed by atoms with E-state index in [-0.39, 0.29) is 27.1 Å². The third kappa shape index (κ3) is 4.79. The minimum atomic E-state index is -4.01. The molecule has 0 saturated carbocycles. The number of rotatable bonds is 6. The molecule has 0 aromatic heterocycles. The SMILES string of the molecule is Cc1cccc(C(C)C)c1NC(=O)c1cc(S(=O)(=O)N(C)c2ccc(F)cc2)ccc1Cl. The zero-order valence-corrected chi connectivity index (χ0v) is 19.8. The normalized spacial score (nSPS) is 11.5. The van der Waals surface area contributed by atoms with Gasteiger partial charge in [0, 0.05) is 12.7 Å². The molecule has 3 aromatic rings. The maximum absolute atomic E-state index is 13.2. The highest BCUT2D eigenvalue weighted by molar-refractivity contribution is 7.92. The lowest BCUT2D eigenvalue weighted by Gasteiger charge is -2.20. The van der Waals surface area contributed by atoms with Crippen LogP contribution in [0.2, 0.25) is 5.02 Å². The Hall–Kier alpha value is -2.90. The smallest absolute Gasteiger partial charge is 0.264 e. The van der Waals surface area contributed by atoms with Crippen LogP contribution in [-0.4, -0.2) is 21.4 Å². The van der Waals surface area contributed by atoms with E-state index in [1.807, 2.05) is 39.0 Å². The van der Waals surface area contributed by atoms with Crippen molar-refractivity contribution in [1.29, 1.82) is 0 Å². The van der Waals surface area contributed by atoms with Crippen LogP contribution in [0.1, 0.15) is 41.3 Å². The Kier molecular flexibility index (Phi) is 6.91. The van der Waals surface area contributed by atoms with Gasteiger partial charge in [0.1, 0.15) is 5.82 Å². The molecule has 0 atom stereocenters. The number of carbonyl (C=O) groups is 1. The number of benzene rings is 3. The lowest BCUT2D eigenvalue weighted by Crippen LogP contribution is -2.27. The minimum absolute atomic E-state index is 0.0400. The van der Waals surface area contributed by atoms with E-state index in [0.29, 0.717) is 5.69 Å². The van der Waals surface area contributed by atoms with Gasteiger partial charge in [-0.3, -0.25) is 9.10 Å². The Bertz CT molecular complexity index is 1260. The number of aryl methyl sites for hydroxylation is 1. The Morgan fingerprint density at radius 2 is 1.72 bits per heavy atom. The summed E-state index contributed by atoms with van der Waals surface area (Å²) in [5, 5.41) is 3.02. The number of amides is 1. The van der Waals surface area contributed by atoms with Crippen molar-refractivity contribution >= 4 is 38.9 Å². The molecule has 1 N–H and O–H groups in total. The van der Waals surface area contributed by atoms with Crippen LogP contribution in [0, 0.1) is 12.7 Å². The molecule has 3 aromatic carbocycles. The van der Waals surface area contributed by atoms with Crippen LogP contribution in [0.25, 0.3) is 0 Å². The largest absolute Gasteiger partial charge is 0.321 e. The first-order chi connectivity index (χ1) is 15.0. The standard InChI is InChI=1S/C24H24ClFN2O3S/c1-15(2)20-7-5-6-16(3)23(20)27-24(29)21-14-19(12-13-22(21)25)32(30,31)28(4)18-10-8-17(26)9-11-18/h5-15H,1-4H3,(H,27,29). The van der Waals surface area contributed by atoms with E-state index >= 15 is 0 Å². The fourth-order valence-electron chi connectivity index (χ4n) is 3.31. The van der Waals surface area contributed by atoms with Crippen LogP contribution in [0.5, 0.6) is 0 Å². The first kappa shape index (κ1) is 23.8. The number of nitrogens with one attached hydrogen (secondary N) is 1. The third-order valence-corrected chi connectivity index (χ3v) is 7.31. The summed E-state index contributed by atoms with van der Waals surface area (Å²) in [6.07, 6.45) is 0. The summed E-state index contributed by atoms with van der Waals surface area (Å²) in [5.41, 5.74) is 2.86. The lowest BCUT2D eigenvalue weighted by molar-refractivity contribution is 0.102. The molecule has 0 heterocycles. The quantitative estimate of drug-likeness (QED) is 0.477. The van der Waals surface area contributed by atoms with Crippen molar-refractivity contribution in [2.75, 3.05) is 16.7 Å². The number of sulfonamides is 1. The molecule has 1 amide bonds. The molecule has 32 heavy (non-hydrogen) atoms. The molecule has 0 bridgehead atoms. The number of para-hydroxylation sites is 1. The summed E-state index contributed by atoms with van der Waals surface area (Å²) in [4.78, 5) is 13.0. The molecule has 0 unspecified atom stereocenters. The number of carbonyl (C=O) groups excluding carboxylic acids is 1. The molecule has 0 radical (unpaired) electrons. The molecule has 168 valence electrons. The van der Waals surface area contributed by atoms with Crippen molar-refractivity contribution < 1.29 is 17.6 Å². The molecule has 0 saturated heterocycles. The molecular formula is C24H24ClFN2O3S. The van der Waals surface area contributed by atoms with Crippen LogP contribution in [-0.2, 0) is 10.0 Å². The predicted molar refractivity (Wildman–Crippen MR) is 127 cm³/mol. The number of hydrogen-bond donors (Lipinski definition) is 1. The number of hydrogen-bond acceptors (Lipinski definition) is 3. The van der Waals surface area contributed by atoms with Crippen molar-refractivity contribution in [2.45, 2.75) is 31.6 Å². The van der Waals surface area contributed by atoms with E-state index in [1.165, 1.54) is 49.5 Å². The van der Waals surface area contributed by atoms with Crippen LogP contribution >= 0.6 is 11.6 Å². The molecule has 0 spiro atoms. The highest BCUT2D eigenvalue weighted by Crippen LogP contribution is 2.30. The lowest BCUT2D eigenvalue weighted by atomic mass is 9.98. The first-order valence-electron chi connectivity index (χ1n) is 9.97. The topological polar surface area (TPSA) is 66.5 Å². The van der Waals surface area contributed by atoms with Gasteiger partial charge < -0.3 is 5.32 Å². The summed E-state index contributed by atoms with van der Waals surface area (Å²) < 4.78 is 40.5. The highest BCUT2D eigenvalue weighted by Gasteiger charge is 2.24. The second-order valence-corrected chi connectivity index (χ2v) is 10.1. The summed E-state index contributed by atoms with van der Waals surface area (Å²) in [6.45, 7) is 5.94. The van der Waals surface area contributed by atoms with E-state index in [2.05, 4.69) is 5.32 Å². The maximum atomic E-state index is 13.2. The molecule has 8 heteroatoms. The molecule has 0 aliphatic carbocycles. The Morgan fingerprint density at radius 3 is 2.34 bits per heavy atom. The zero-order valence-electron chi connectivity index (χ0n) is 18.2. The third-order valence-electron chi connectivity index (χ3n) is 5.20. The first-order valence-corrected chi connectivity index (χ1v) is 11.8. The van der Waals surface area contributed by atoms with Gasteiger partial charge in [0.25, 0.3) is 15.9 Å². The second kappa shape index (κ2) is 9.30. The molecule has 3 rings (SSSR count). The van der Waals surface area contributed by atoms with E-state index in [1.54, 1.807) is 0 Å². The van der Waals surface area contributed by atoms with Crippen molar-refractivity contribution in [3.8, 4) is 0 Å². The summed E-state index contributed by atoms with van der Waals surface area (Å²) >= 11 is 6.25. The van der Waals surface area contributed by atoms with Gasteiger partial charge in [0.2, 0.25) is 0 Å². The Morgan fingerprint density at radius 1 is 1.06 bits per heavy atom. The van der Waals surface area contributed by atoms with E-state index in [9.17, 15) is 17.6 Å². The van der Waals surface area contributed by atoms with E-state index in [4.69, 9.17) is 11.6 Å². The Balaban J connectivity index is 1.97. The van der Waals surface area contributed by atoms with Gasteiger partial charge >= 0.3 is 0 Å². The fraction of sp³-hybridized carbons (Fsp3) is 0.208. The molecule has 0 aliphatic rings. The van der Waals surface area contributed by atoms with Crippen LogP contribution < -0.4 is 9.62 Å². The molecule has 5 nitrogen and oxygen atoms in total. The summed E-state index contributed by atoms with van der Waals surface area (Å²) in [7, 11) is -2.65. The monoisotopic (exact) mass is 474 g/mol. The summed E-state index contributed by atoms with van der Waals surface area (Å²) in [6, 6.07) is 14.8. The van der Waals surface area contributed by atoms with Gasteiger partial charge in [-0.2, -0.15) is 0 Å². The highest BCUT2D eigenvalue weighted by atomic mass is 35.5. The van der Waals surface area contributed by atoms with Gasteiger partial charge in [0.05, 0.1) is 21.2 Å². The van der Waals surface area contributed by atoms with Gasteiger partial charge in [0.15, 0.2) is 0 Å². The van der Waals surface area contributed by atoms with E-state index < -0.39 is 21.7 Å². The zero-order chi connectivity index (χ0) is 23.6. The number of anilines is 2. The molecule has 0 fully saturated rings. The maximum Gasteiger partial charge on any atom is 0.264 e. The van der Waals surface area contributed by atoms with Gasteiger partial charge in [-0.1, -0.05) is 43.6 Å². The van der Waals surface area contributed by atoms with E-state index in [0.717, 1.165) is 15.4 Å². The number of halogens is 2. The van der Waals surface area contributed by atoms with Crippen molar-refractivity contribution in [3.05, 3.63) is 88.2 Å². The van der Waals surface area contributed by atoms with Crippen LogP contribution in [0.4, 0.5) is 15.8 Å². The predicted octanol–water partition coefficient (Wildman–Crippen LogP) is 5.99. The van der Waals surface area contributed by atoms with Gasteiger partial charge in [-0.05, 0) is 66.4 Å². The molecular weight excluding hydrogens is 451 g/mol. The minimum Gasteiger partial charge on any atom is -0.321 e. The average Bonchev–Trinajstić information content (AvgIpc) is 2.75. The molecule has 0 aliphatic heterocycles. The average molecular weight is 475 g/mol. The van der Waals surface area contributed by atoms with Crippen molar-refractivity contribution in [3.63, 3.8) is 0 Å². The fourth-order valence-corrected chi connectivity index (χ4v) is 4.74. The van der Waals surface area contributed by atoms with Gasteiger partial charge in [-0.15, -0.1) is 0 Å². The van der Waals surface area contributed by atoms with Crippen molar-refractivity contribution in [1.82, 2.24) is 0 Å². The van der Waals surface area contributed by atoms with Crippen LogP contribution in [0.15, 0.2) is 65.6 Å². The van der Waals surface area contributed by atoms with Crippen molar-refractivity contribution in [2.24, 2.45) is 0 Å². The van der Waals surface area contributed by atoms with Gasteiger partial charge in [-0.25, -0.2) is 12.8 Å². The summed E-state index contributed by atoms with van der Waals surface area (Å²) in [5.74, 6) is -0.800. The van der Waals surface area contributed by atoms with Crippen LogP contribution in [0.3, 0.4) is 0 Å². The second-order valence-electron chi connectivity index (χ2n) is 7.74. The number of nitrogens with zero attached hydrogens (tertiary/aromatic N) is 1.